The van der Waals surface area contributed by atoms with Gasteiger partial charge in [-0.05, 0) is 23.8 Å². The molecule has 3 N–H and O–H groups in total. The summed E-state index contributed by atoms with van der Waals surface area (Å²) in [6.07, 6.45) is -1.55. The monoisotopic (exact) mass is 475 g/mol. The summed E-state index contributed by atoms with van der Waals surface area (Å²) in [4.78, 5) is 60.8. The van der Waals surface area contributed by atoms with Crippen LogP contribution in [0.1, 0.15) is 30.1 Å². The molecule has 3 rings (SSSR count). The number of likely N-dealkylation sites (tertiary alicyclic amines) is 1. The fourth-order valence-corrected chi connectivity index (χ4v) is 3.89. The number of carboxylic acids is 1. The SMILES string of the molecule is CC(NC(=O)c1cccc2ccccc12)C(=O)N1CC(F)(F)C[C@H]1C(=O)N[C@H](C=O)CC(=O)O. The molecule has 2 aromatic carbocycles. The van der Waals surface area contributed by atoms with Crippen molar-refractivity contribution in [3.63, 3.8) is 0 Å². The van der Waals surface area contributed by atoms with E-state index < -0.39 is 67.1 Å². The van der Waals surface area contributed by atoms with Crippen LogP contribution in [0, 0.1) is 0 Å². The third-order valence-electron chi connectivity index (χ3n) is 5.49. The van der Waals surface area contributed by atoms with Crippen LogP contribution < -0.4 is 10.6 Å². The normalized spacial score (nSPS) is 18.7. The van der Waals surface area contributed by atoms with Crippen LogP contribution in [0.15, 0.2) is 42.5 Å². The minimum atomic E-state index is -3.37. The number of carbonyl (C=O) groups excluding carboxylic acids is 4. The topological polar surface area (TPSA) is 133 Å². The zero-order valence-electron chi connectivity index (χ0n) is 18.2. The molecule has 1 heterocycles. The lowest BCUT2D eigenvalue weighted by molar-refractivity contribution is -0.142. The van der Waals surface area contributed by atoms with Crippen LogP contribution in [0.5, 0.6) is 0 Å². The van der Waals surface area contributed by atoms with E-state index in [1.54, 1.807) is 30.3 Å². The molecule has 3 amide bonds. The Bertz CT molecular complexity index is 1130. The number of amides is 3. The number of nitrogens with zero attached hydrogens (tertiary/aromatic N) is 1. The Morgan fingerprint density at radius 1 is 1.15 bits per heavy atom. The van der Waals surface area contributed by atoms with Crippen LogP contribution in [-0.4, -0.2) is 70.6 Å². The van der Waals surface area contributed by atoms with Gasteiger partial charge in [-0.2, -0.15) is 0 Å². The zero-order valence-corrected chi connectivity index (χ0v) is 18.2. The molecule has 9 nitrogen and oxygen atoms in total. The van der Waals surface area contributed by atoms with Crippen LogP contribution >= 0.6 is 0 Å². The summed E-state index contributed by atoms with van der Waals surface area (Å²) in [5, 5.41) is 14.8. The molecule has 0 aliphatic carbocycles. The second kappa shape index (κ2) is 9.94. The van der Waals surface area contributed by atoms with Crippen molar-refractivity contribution in [3.05, 3.63) is 48.0 Å². The molecule has 3 atom stereocenters. The number of carbonyl (C=O) groups is 5. The maximum atomic E-state index is 14.1. The van der Waals surface area contributed by atoms with Crippen molar-refractivity contribution in [1.82, 2.24) is 15.5 Å². The number of hydrogen-bond donors (Lipinski definition) is 3. The Morgan fingerprint density at radius 2 is 1.82 bits per heavy atom. The van der Waals surface area contributed by atoms with Crippen molar-refractivity contribution in [2.45, 2.75) is 43.8 Å². The van der Waals surface area contributed by atoms with Gasteiger partial charge in [-0.1, -0.05) is 36.4 Å². The van der Waals surface area contributed by atoms with E-state index in [1.165, 1.54) is 6.92 Å². The Morgan fingerprint density at radius 3 is 2.50 bits per heavy atom. The first-order valence-electron chi connectivity index (χ1n) is 10.5. The summed E-state index contributed by atoms with van der Waals surface area (Å²) in [6, 6.07) is 7.86. The van der Waals surface area contributed by atoms with Crippen LogP contribution in [0.4, 0.5) is 8.78 Å². The van der Waals surface area contributed by atoms with Crippen molar-refractivity contribution in [2.24, 2.45) is 0 Å². The summed E-state index contributed by atoms with van der Waals surface area (Å²) in [5.41, 5.74) is 0.293. The molecule has 1 aliphatic rings. The molecule has 0 aromatic heterocycles. The first-order chi connectivity index (χ1) is 16.0. The highest BCUT2D eigenvalue weighted by molar-refractivity contribution is 6.08. The summed E-state index contributed by atoms with van der Waals surface area (Å²) >= 11 is 0. The fourth-order valence-electron chi connectivity index (χ4n) is 3.89. The van der Waals surface area contributed by atoms with Gasteiger partial charge in [0.15, 0.2) is 0 Å². The number of nitrogens with one attached hydrogen (secondary N) is 2. The summed E-state index contributed by atoms with van der Waals surface area (Å²) in [5.74, 6) is -7.32. The molecule has 1 aliphatic heterocycles. The van der Waals surface area contributed by atoms with E-state index in [-0.39, 0.29) is 6.29 Å². The molecule has 2 aromatic rings. The number of carboxylic acid groups (broad SMARTS) is 1. The van der Waals surface area contributed by atoms with Gasteiger partial charge in [0, 0.05) is 12.0 Å². The van der Waals surface area contributed by atoms with E-state index in [0.717, 1.165) is 5.39 Å². The lowest BCUT2D eigenvalue weighted by Crippen LogP contribution is -2.54. The predicted molar refractivity (Wildman–Crippen MR) is 116 cm³/mol. The Hall–Kier alpha value is -3.89. The third-order valence-corrected chi connectivity index (χ3v) is 5.49. The average Bonchev–Trinajstić information content (AvgIpc) is 3.12. The van der Waals surface area contributed by atoms with Gasteiger partial charge in [0.1, 0.15) is 18.4 Å². The number of aliphatic carboxylic acids is 1. The zero-order chi connectivity index (χ0) is 25.0. The molecular weight excluding hydrogens is 452 g/mol. The Labute approximate surface area is 193 Å². The largest absolute Gasteiger partial charge is 0.481 e. The number of alkyl halides is 2. The van der Waals surface area contributed by atoms with E-state index in [4.69, 9.17) is 5.11 Å². The number of hydrogen-bond acceptors (Lipinski definition) is 5. The highest BCUT2D eigenvalue weighted by atomic mass is 19.3. The van der Waals surface area contributed by atoms with Gasteiger partial charge in [-0.3, -0.25) is 19.2 Å². The summed E-state index contributed by atoms with van der Waals surface area (Å²) in [7, 11) is 0. The smallest absolute Gasteiger partial charge is 0.305 e. The minimum Gasteiger partial charge on any atom is -0.481 e. The lowest BCUT2D eigenvalue weighted by Gasteiger charge is -2.27. The van der Waals surface area contributed by atoms with Crippen molar-refractivity contribution in [1.29, 1.82) is 0 Å². The van der Waals surface area contributed by atoms with E-state index >= 15 is 0 Å². The lowest BCUT2D eigenvalue weighted by atomic mass is 10.0. The van der Waals surface area contributed by atoms with Crippen molar-refractivity contribution < 1.29 is 37.9 Å². The van der Waals surface area contributed by atoms with Gasteiger partial charge >= 0.3 is 5.97 Å². The molecule has 0 radical (unpaired) electrons. The Kier molecular flexibility index (Phi) is 7.23. The average molecular weight is 475 g/mol. The van der Waals surface area contributed by atoms with E-state index in [0.29, 0.717) is 15.8 Å². The number of fused-ring (bicyclic) bond motifs is 1. The predicted octanol–water partition coefficient (Wildman–Crippen LogP) is 1.35. The summed E-state index contributed by atoms with van der Waals surface area (Å²) < 4.78 is 28.3. The quantitative estimate of drug-likeness (QED) is 0.494. The molecule has 180 valence electrons. The summed E-state index contributed by atoms with van der Waals surface area (Å²) in [6.45, 7) is 0.262. The molecule has 34 heavy (non-hydrogen) atoms. The maximum absolute atomic E-state index is 14.1. The highest BCUT2D eigenvalue weighted by Gasteiger charge is 2.51. The maximum Gasteiger partial charge on any atom is 0.305 e. The first-order valence-corrected chi connectivity index (χ1v) is 10.5. The fraction of sp³-hybridized carbons (Fsp3) is 0.348. The number of rotatable bonds is 8. The molecule has 0 bridgehead atoms. The highest BCUT2D eigenvalue weighted by Crippen LogP contribution is 2.32. The Balaban J connectivity index is 1.75. The van der Waals surface area contributed by atoms with Gasteiger partial charge in [-0.25, -0.2) is 8.78 Å². The number of benzene rings is 2. The van der Waals surface area contributed by atoms with Gasteiger partial charge in [0.05, 0.1) is 19.0 Å². The molecule has 1 fully saturated rings. The van der Waals surface area contributed by atoms with E-state index in [9.17, 15) is 32.8 Å². The molecule has 11 heteroatoms. The van der Waals surface area contributed by atoms with Gasteiger partial charge in [0.25, 0.3) is 11.8 Å². The third kappa shape index (κ3) is 5.53. The van der Waals surface area contributed by atoms with Crippen molar-refractivity contribution in [2.75, 3.05) is 6.54 Å². The van der Waals surface area contributed by atoms with Crippen LogP contribution in [-0.2, 0) is 19.2 Å². The molecule has 0 saturated carbocycles. The first kappa shape index (κ1) is 24.7. The van der Waals surface area contributed by atoms with Crippen LogP contribution in [0.25, 0.3) is 10.8 Å². The second-order valence-corrected chi connectivity index (χ2v) is 8.11. The molecule has 0 spiro atoms. The molecule has 1 saturated heterocycles. The van der Waals surface area contributed by atoms with Crippen molar-refractivity contribution >= 4 is 40.7 Å². The van der Waals surface area contributed by atoms with Gasteiger partial charge in [0.2, 0.25) is 11.8 Å². The standard InChI is InChI=1S/C23H23F2N3O6/c1-13(26-20(32)17-8-4-6-14-5-2-3-7-16(14)17)22(34)28-12-23(24,25)10-18(28)21(33)27-15(11-29)9-19(30)31/h2-8,11,13,15,18H,9-10,12H2,1H3,(H,26,32)(H,27,33)(H,30,31)/t13?,15-,18-/m0/s1. The minimum absolute atomic E-state index is 0.179. The van der Waals surface area contributed by atoms with Crippen LogP contribution in [0.3, 0.4) is 0 Å². The number of aldehydes is 1. The molecular formula is C23H23F2N3O6. The van der Waals surface area contributed by atoms with Crippen LogP contribution in [0.2, 0.25) is 0 Å². The molecule has 1 unspecified atom stereocenters. The second-order valence-electron chi connectivity index (χ2n) is 8.11. The van der Waals surface area contributed by atoms with E-state index in [1.807, 2.05) is 12.1 Å². The number of halogens is 2. The van der Waals surface area contributed by atoms with Gasteiger partial charge < -0.3 is 25.4 Å². The van der Waals surface area contributed by atoms with Crippen molar-refractivity contribution in [3.8, 4) is 0 Å². The van der Waals surface area contributed by atoms with E-state index in [2.05, 4.69) is 10.6 Å². The van der Waals surface area contributed by atoms with Gasteiger partial charge in [-0.15, -0.1) is 0 Å².